The number of nitrogens with zero attached hydrogens (tertiary/aromatic N) is 1. The number of hydrogen-bond acceptors (Lipinski definition) is 4. The lowest BCUT2D eigenvalue weighted by Crippen LogP contribution is -2.14. The molecule has 7 heteroatoms. The Morgan fingerprint density at radius 1 is 1.29 bits per heavy atom. The minimum absolute atomic E-state index is 0.219. The number of aromatic nitrogens is 1. The molecule has 0 atom stereocenters. The van der Waals surface area contributed by atoms with E-state index in [0.717, 1.165) is 0 Å². The van der Waals surface area contributed by atoms with Gasteiger partial charge in [0.2, 0.25) is 0 Å². The van der Waals surface area contributed by atoms with Gasteiger partial charge >= 0.3 is 5.97 Å². The van der Waals surface area contributed by atoms with E-state index < -0.39 is 18.5 Å². The lowest BCUT2D eigenvalue weighted by atomic mass is 10.2. The molecule has 1 amide bonds. The highest BCUT2D eigenvalue weighted by Crippen LogP contribution is 2.18. The zero-order valence-corrected chi connectivity index (χ0v) is 11.5. The van der Waals surface area contributed by atoms with E-state index in [0.29, 0.717) is 16.5 Å². The summed E-state index contributed by atoms with van der Waals surface area (Å²) in [5.74, 6) is -1.13. The Kier molecular flexibility index (Phi) is 4.73. The minimum atomic E-state index is -1.07. The summed E-state index contributed by atoms with van der Waals surface area (Å²) in [6.07, 6.45) is 1.38. The molecule has 0 aliphatic carbocycles. The summed E-state index contributed by atoms with van der Waals surface area (Å²) in [4.78, 5) is 26.3. The van der Waals surface area contributed by atoms with Crippen molar-refractivity contribution in [2.75, 3.05) is 11.9 Å². The number of anilines is 1. The van der Waals surface area contributed by atoms with E-state index >= 15 is 0 Å². The second-order valence-corrected chi connectivity index (χ2v) is 4.46. The first-order valence-electron chi connectivity index (χ1n) is 5.92. The Bertz CT molecular complexity index is 658. The molecule has 0 spiro atoms. The maximum absolute atomic E-state index is 12.0. The monoisotopic (exact) mass is 306 g/mol. The van der Waals surface area contributed by atoms with Crippen molar-refractivity contribution in [3.05, 3.63) is 53.3 Å². The number of benzene rings is 1. The van der Waals surface area contributed by atoms with Crippen LogP contribution >= 0.6 is 11.6 Å². The first-order chi connectivity index (χ1) is 10.0. The molecule has 108 valence electrons. The molecule has 0 radical (unpaired) electrons. The molecular weight excluding hydrogens is 296 g/mol. The van der Waals surface area contributed by atoms with Gasteiger partial charge in [0.1, 0.15) is 11.4 Å². The fourth-order valence-electron chi connectivity index (χ4n) is 1.51. The average Bonchev–Trinajstić information content (AvgIpc) is 2.46. The van der Waals surface area contributed by atoms with Crippen molar-refractivity contribution in [2.24, 2.45) is 0 Å². The number of nitrogens with one attached hydrogen (secondary N) is 1. The summed E-state index contributed by atoms with van der Waals surface area (Å²) in [7, 11) is 0. The van der Waals surface area contributed by atoms with Crippen molar-refractivity contribution in [3.63, 3.8) is 0 Å². The van der Waals surface area contributed by atoms with Gasteiger partial charge in [0, 0.05) is 18.0 Å². The molecule has 0 saturated carbocycles. The zero-order chi connectivity index (χ0) is 15.2. The Morgan fingerprint density at radius 2 is 2.10 bits per heavy atom. The fourth-order valence-corrected chi connectivity index (χ4v) is 1.63. The van der Waals surface area contributed by atoms with Crippen LogP contribution in [0.2, 0.25) is 5.02 Å². The highest BCUT2D eigenvalue weighted by atomic mass is 35.5. The van der Waals surface area contributed by atoms with Crippen molar-refractivity contribution >= 4 is 29.2 Å². The van der Waals surface area contributed by atoms with Crippen molar-refractivity contribution in [1.29, 1.82) is 0 Å². The van der Waals surface area contributed by atoms with E-state index in [9.17, 15) is 9.59 Å². The SMILES string of the molecule is O=C(O)COc1cccc(NC(=O)c2ccc(Cl)cn2)c1. The molecule has 2 aromatic rings. The molecule has 2 rings (SSSR count). The molecule has 2 N–H and O–H groups in total. The highest BCUT2D eigenvalue weighted by Gasteiger charge is 2.08. The molecule has 0 saturated heterocycles. The molecule has 0 aliphatic heterocycles. The normalized spacial score (nSPS) is 9.95. The molecule has 1 heterocycles. The van der Waals surface area contributed by atoms with Gasteiger partial charge in [-0.15, -0.1) is 0 Å². The van der Waals surface area contributed by atoms with Crippen LogP contribution < -0.4 is 10.1 Å². The van der Waals surface area contributed by atoms with Crippen molar-refractivity contribution in [3.8, 4) is 5.75 Å². The zero-order valence-electron chi connectivity index (χ0n) is 10.7. The summed E-state index contributed by atoms with van der Waals surface area (Å²) in [5, 5.41) is 11.6. The average molecular weight is 307 g/mol. The van der Waals surface area contributed by atoms with Gasteiger partial charge in [-0.1, -0.05) is 17.7 Å². The summed E-state index contributed by atoms with van der Waals surface area (Å²) in [6, 6.07) is 9.48. The van der Waals surface area contributed by atoms with Gasteiger partial charge in [0.25, 0.3) is 5.91 Å². The number of ether oxygens (including phenoxy) is 1. The van der Waals surface area contributed by atoms with Gasteiger partial charge in [-0.25, -0.2) is 9.78 Å². The standard InChI is InChI=1S/C14H11ClN2O4/c15-9-4-5-12(16-7-9)14(20)17-10-2-1-3-11(6-10)21-8-13(18)19/h1-7H,8H2,(H,17,20)(H,18,19). The van der Waals surface area contributed by atoms with Crippen LogP contribution in [0.4, 0.5) is 5.69 Å². The quantitative estimate of drug-likeness (QED) is 0.885. The lowest BCUT2D eigenvalue weighted by Gasteiger charge is -2.07. The lowest BCUT2D eigenvalue weighted by molar-refractivity contribution is -0.139. The van der Waals surface area contributed by atoms with Gasteiger partial charge in [-0.2, -0.15) is 0 Å². The van der Waals surface area contributed by atoms with Crippen LogP contribution in [0.1, 0.15) is 10.5 Å². The minimum Gasteiger partial charge on any atom is -0.482 e. The van der Waals surface area contributed by atoms with Crippen LogP contribution in [0, 0.1) is 0 Å². The van der Waals surface area contributed by atoms with Crippen molar-refractivity contribution in [1.82, 2.24) is 4.98 Å². The first-order valence-corrected chi connectivity index (χ1v) is 6.30. The second kappa shape index (κ2) is 6.71. The van der Waals surface area contributed by atoms with Gasteiger partial charge in [-0.3, -0.25) is 4.79 Å². The van der Waals surface area contributed by atoms with Crippen LogP contribution in [-0.4, -0.2) is 28.6 Å². The molecule has 0 aliphatic rings. The van der Waals surface area contributed by atoms with E-state index in [-0.39, 0.29) is 5.69 Å². The highest BCUT2D eigenvalue weighted by molar-refractivity contribution is 6.30. The molecule has 1 aromatic heterocycles. The Labute approximate surface area is 125 Å². The number of pyridine rings is 1. The van der Waals surface area contributed by atoms with Crippen LogP contribution in [0.25, 0.3) is 0 Å². The Hall–Kier alpha value is -2.60. The molecule has 0 bridgehead atoms. The third kappa shape index (κ3) is 4.47. The molecule has 0 unspecified atom stereocenters. The van der Waals surface area contributed by atoms with Crippen LogP contribution in [0.3, 0.4) is 0 Å². The third-order valence-electron chi connectivity index (χ3n) is 2.41. The van der Waals surface area contributed by atoms with Gasteiger partial charge in [-0.05, 0) is 24.3 Å². The van der Waals surface area contributed by atoms with E-state index in [1.807, 2.05) is 0 Å². The summed E-state index contributed by atoms with van der Waals surface area (Å²) < 4.78 is 5.03. The predicted molar refractivity (Wildman–Crippen MR) is 76.8 cm³/mol. The number of aliphatic carboxylic acids is 1. The smallest absolute Gasteiger partial charge is 0.341 e. The number of carbonyl (C=O) groups is 2. The van der Waals surface area contributed by atoms with Gasteiger partial charge < -0.3 is 15.2 Å². The predicted octanol–water partition coefficient (Wildman–Crippen LogP) is 2.45. The van der Waals surface area contributed by atoms with E-state index in [2.05, 4.69) is 10.3 Å². The molecule has 6 nitrogen and oxygen atoms in total. The number of carboxylic acid groups (broad SMARTS) is 1. The van der Waals surface area contributed by atoms with Crippen molar-refractivity contribution < 1.29 is 19.4 Å². The van der Waals surface area contributed by atoms with E-state index in [1.165, 1.54) is 18.3 Å². The number of carboxylic acids is 1. The summed E-state index contributed by atoms with van der Waals surface area (Å²) in [6.45, 7) is -0.448. The molecule has 0 fully saturated rings. The van der Waals surface area contributed by atoms with Crippen LogP contribution in [0.5, 0.6) is 5.75 Å². The van der Waals surface area contributed by atoms with Gasteiger partial charge in [0.15, 0.2) is 6.61 Å². The second-order valence-electron chi connectivity index (χ2n) is 4.03. The maximum atomic E-state index is 12.0. The van der Waals surface area contributed by atoms with Crippen LogP contribution in [-0.2, 0) is 4.79 Å². The number of hydrogen-bond donors (Lipinski definition) is 2. The number of halogens is 1. The fraction of sp³-hybridized carbons (Fsp3) is 0.0714. The van der Waals surface area contributed by atoms with Gasteiger partial charge in [0.05, 0.1) is 5.02 Å². The van der Waals surface area contributed by atoms with E-state index in [1.54, 1.807) is 24.3 Å². The number of carbonyl (C=O) groups excluding carboxylic acids is 1. The molecule has 1 aromatic carbocycles. The summed E-state index contributed by atoms with van der Waals surface area (Å²) >= 11 is 5.70. The molecule has 21 heavy (non-hydrogen) atoms. The number of amides is 1. The first kappa shape index (κ1) is 14.8. The maximum Gasteiger partial charge on any atom is 0.341 e. The topological polar surface area (TPSA) is 88.5 Å². The molecular formula is C14H11ClN2O4. The number of rotatable bonds is 5. The van der Waals surface area contributed by atoms with Crippen LogP contribution in [0.15, 0.2) is 42.6 Å². The van der Waals surface area contributed by atoms with E-state index in [4.69, 9.17) is 21.4 Å². The largest absolute Gasteiger partial charge is 0.482 e. The Balaban J connectivity index is 2.05. The third-order valence-corrected chi connectivity index (χ3v) is 2.64. The summed E-state index contributed by atoms with van der Waals surface area (Å²) in [5.41, 5.74) is 0.691. The Morgan fingerprint density at radius 3 is 2.76 bits per heavy atom. The van der Waals surface area contributed by atoms with Crippen molar-refractivity contribution in [2.45, 2.75) is 0 Å².